The number of guanidine groups is 1. The maximum absolute atomic E-state index is 12.4. The van der Waals surface area contributed by atoms with Gasteiger partial charge >= 0.3 is 6.03 Å². The number of aryl methyl sites for hydroxylation is 1. The highest BCUT2D eigenvalue weighted by Gasteiger charge is 2.45. The van der Waals surface area contributed by atoms with E-state index in [4.69, 9.17) is 0 Å². The van der Waals surface area contributed by atoms with Gasteiger partial charge in [-0.15, -0.1) is 24.0 Å². The number of rotatable bonds is 7. The number of carbonyl (C=O) groups excluding carboxylic acids is 2. The molecule has 0 bridgehead atoms. The Morgan fingerprint density at radius 1 is 1.29 bits per heavy atom. The van der Waals surface area contributed by atoms with Crippen molar-refractivity contribution in [2.24, 2.45) is 4.99 Å². The molecule has 1 fully saturated rings. The topological polar surface area (TPSA) is 77.0 Å². The van der Waals surface area contributed by atoms with Gasteiger partial charge in [-0.2, -0.15) is 0 Å². The first-order valence-electron chi connectivity index (χ1n) is 9.42. The van der Waals surface area contributed by atoms with Crippen LogP contribution in [0, 0.1) is 6.92 Å². The van der Waals surface area contributed by atoms with Crippen LogP contribution >= 0.6 is 24.0 Å². The quantitative estimate of drug-likeness (QED) is 0.198. The number of hydrogen-bond donors (Lipinski definition) is 2. The van der Waals surface area contributed by atoms with Gasteiger partial charge in [-0.05, 0) is 32.3 Å². The lowest BCUT2D eigenvalue weighted by Crippen LogP contribution is -2.43. The Kier molecular flexibility index (Phi) is 9.19. The van der Waals surface area contributed by atoms with Gasteiger partial charge in [0.05, 0.1) is 0 Å². The monoisotopic (exact) mass is 501 g/mol. The van der Waals surface area contributed by atoms with Crippen molar-refractivity contribution in [3.8, 4) is 0 Å². The predicted octanol–water partition coefficient (Wildman–Crippen LogP) is 2.73. The molecule has 8 heteroatoms. The fraction of sp³-hybridized carbons (Fsp3) is 0.550. The highest BCUT2D eigenvalue weighted by atomic mass is 127. The number of imide groups is 1. The number of halogens is 1. The number of urea groups is 1. The summed E-state index contributed by atoms with van der Waals surface area (Å²) >= 11 is 0. The summed E-state index contributed by atoms with van der Waals surface area (Å²) in [7, 11) is 3.73. The predicted molar refractivity (Wildman–Crippen MR) is 123 cm³/mol. The van der Waals surface area contributed by atoms with Crippen molar-refractivity contribution in [1.29, 1.82) is 0 Å². The van der Waals surface area contributed by atoms with Gasteiger partial charge in [-0.1, -0.05) is 36.8 Å². The van der Waals surface area contributed by atoms with Gasteiger partial charge in [0.1, 0.15) is 5.54 Å². The van der Waals surface area contributed by atoms with Gasteiger partial charge in [0.15, 0.2) is 5.96 Å². The molecule has 1 aromatic rings. The second-order valence-corrected chi connectivity index (χ2v) is 7.24. The Hall–Kier alpha value is -1.84. The van der Waals surface area contributed by atoms with E-state index in [1.165, 1.54) is 16.0 Å². The maximum atomic E-state index is 12.4. The van der Waals surface area contributed by atoms with E-state index in [2.05, 4.69) is 46.8 Å². The lowest BCUT2D eigenvalue weighted by molar-refractivity contribution is -0.130. The zero-order valence-electron chi connectivity index (χ0n) is 17.4. The third-order valence-corrected chi connectivity index (χ3v) is 5.01. The molecule has 1 saturated heterocycles. The summed E-state index contributed by atoms with van der Waals surface area (Å²) < 4.78 is 0. The molecule has 3 amide bonds. The van der Waals surface area contributed by atoms with Crippen LogP contribution in [-0.4, -0.2) is 60.4 Å². The van der Waals surface area contributed by atoms with E-state index >= 15 is 0 Å². The number of benzene rings is 1. The summed E-state index contributed by atoms with van der Waals surface area (Å²) in [5.41, 5.74) is 1.68. The van der Waals surface area contributed by atoms with E-state index in [-0.39, 0.29) is 35.9 Å². The van der Waals surface area contributed by atoms with Crippen molar-refractivity contribution < 1.29 is 9.59 Å². The number of carbonyl (C=O) groups is 2. The number of amides is 3. The summed E-state index contributed by atoms with van der Waals surface area (Å²) in [6.45, 7) is 7.52. The van der Waals surface area contributed by atoms with E-state index in [0.717, 1.165) is 12.5 Å². The second kappa shape index (κ2) is 10.6. The Bertz CT molecular complexity index is 707. The van der Waals surface area contributed by atoms with Crippen molar-refractivity contribution in [1.82, 2.24) is 20.4 Å². The standard InChI is InChI=1S/C20H31N5O2.HI/c1-6-20(3)17(26)25(19(27)23-20)13-7-12-22-18(21-4)24(5)14-16-10-8-15(2)9-11-16;/h8-11H,6-7,12-14H2,1-5H3,(H,21,22)(H,23,27);1H. The molecule has 1 aliphatic rings. The zero-order chi connectivity index (χ0) is 20.0. The van der Waals surface area contributed by atoms with E-state index in [9.17, 15) is 9.59 Å². The average Bonchev–Trinajstić information content (AvgIpc) is 2.86. The minimum absolute atomic E-state index is 0. The molecule has 7 nitrogen and oxygen atoms in total. The number of aliphatic imine (C=N–C) groups is 1. The normalized spacial score (nSPS) is 19.3. The SMILES string of the molecule is CCC1(C)NC(=O)N(CCCNC(=NC)N(C)Cc2ccc(C)cc2)C1=O.I. The van der Waals surface area contributed by atoms with Crippen LogP contribution in [0.25, 0.3) is 0 Å². The highest BCUT2D eigenvalue weighted by molar-refractivity contribution is 14.0. The largest absolute Gasteiger partial charge is 0.356 e. The molecule has 1 aromatic carbocycles. The maximum Gasteiger partial charge on any atom is 0.325 e. The van der Waals surface area contributed by atoms with Crippen molar-refractivity contribution >= 4 is 41.9 Å². The lowest BCUT2D eigenvalue weighted by atomic mass is 9.99. The molecule has 0 saturated carbocycles. The zero-order valence-corrected chi connectivity index (χ0v) is 19.7. The van der Waals surface area contributed by atoms with Crippen molar-refractivity contribution in [3.05, 3.63) is 35.4 Å². The van der Waals surface area contributed by atoms with Crippen LogP contribution in [0.3, 0.4) is 0 Å². The van der Waals surface area contributed by atoms with Crippen molar-refractivity contribution in [2.75, 3.05) is 27.2 Å². The average molecular weight is 501 g/mol. The van der Waals surface area contributed by atoms with Gasteiger partial charge in [0, 0.05) is 33.7 Å². The van der Waals surface area contributed by atoms with Crippen molar-refractivity contribution in [3.63, 3.8) is 0 Å². The molecule has 1 aliphatic heterocycles. The van der Waals surface area contributed by atoms with Crippen LogP contribution in [0.5, 0.6) is 0 Å². The van der Waals surface area contributed by atoms with Crippen LogP contribution in [0.4, 0.5) is 4.79 Å². The van der Waals surface area contributed by atoms with Crippen LogP contribution in [0.15, 0.2) is 29.3 Å². The molecule has 0 spiro atoms. The Morgan fingerprint density at radius 3 is 2.46 bits per heavy atom. The minimum Gasteiger partial charge on any atom is -0.356 e. The molecule has 2 N–H and O–H groups in total. The molecule has 0 aromatic heterocycles. The Labute approximate surface area is 185 Å². The minimum atomic E-state index is -0.769. The van der Waals surface area contributed by atoms with Gasteiger partial charge < -0.3 is 15.5 Å². The van der Waals surface area contributed by atoms with E-state index in [0.29, 0.717) is 25.9 Å². The number of nitrogens with one attached hydrogen (secondary N) is 2. The molecule has 1 atom stereocenters. The molecule has 28 heavy (non-hydrogen) atoms. The molecule has 1 heterocycles. The van der Waals surface area contributed by atoms with Gasteiger partial charge in [-0.25, -0.2) is 4.79 Å². The van der Waals surface area contributed by atoms with Crippen LogP contribution in [0.1, 0.15) is 37.8 Å². The number of nitrogens with zero attached hydrogens (tertiary/aromatic N) is 3. The molecule has 0 aliphatic carbocycles. The van der Waals surface area contributed by atoms with E-state index in [1.54, 1.807) is 14.0 Å². The van der Waals surface area contributed by atoms with Gasteiger partial charge in [0.2, 0.25) is 0 Å². The summed E-state index contributed by atoms with van der Waals surface area (Å²) in [5.74, 6) is 0.641. The van der Waals surface area contributed by atoms with E-state index in [1.807, 2.05) is 18.9 Å². The lowest BCUT2D eigenvalue weighted by Gasteiger charge is -2.23. The molecule has 0 radical (unpaired) electrons. The third kappa shape index (κ3) is 5.83. The van der Waals surface area contributed by atoms with Crippen LogP contribution in [-0.2, 0) is 11.3 Å². The Morgan fingerprint density at radius 2 is 1.93 bits per heavy atom. The van der Waals surface area contributed by atoms with Gasteiger partial charge in [-0.3, -0.25) is 14.7 Å². The summed E-state index contributed by atoms with van der Waals surface area (Å²) in [4.78, 5) is 32.1. The first kappa shape index (κ1) is 24.2. The van der Waals surface area contributed by atoms with Gasteiger partial charge in [0.25, 0.3) is 5.91 Å². The molecule has 1 unspecified atom stereocenters. The smallest absolute Gasteiger partial charge is 0.325 e. The third-order valence-electron chi connectivity index (χ3n) is 5.01. The number of hydrogen-bond acceptors (Lipinski definition) is 3. The molecule has 2 rings (SSSR count). The fourth-order valence-corrected chi connectivity index (χ4v) is 3.05. The Balaban J connectivity index is 0.00000392. The molecular formula is C20H32IN5O2. The van der Waals surface area contributed by atoms with Crippen LogP contribution < -0.4 is 10.6 Å². The van der Waals surface area contributed by atoms with Crippen LogP contribution in [0.2, 0.25) is 0 Å². The summed E-state index contributed by atoms with van der Waals surface area (Å²) in [6.07, 6.45) is 1.25. The fourth-order valence-electron chi connectivity index (χ4n) is 3.05. The molecular weight excluding hydrogens is 469 g/mol. The van der Waals surface area contributed by atoms with Crippen molar-refractivity contribution in [2.45, 2.75) is 45.7 Å². The first-order valence-corrected chi connectivity index (χ1v) is 9.42. The van der Waals surface area contributed by atoms with E-state index < -0.39 is 5.54 Å². The first-order chi connectivity index (χ1) is 12.8. The summed E-state index contributed by atoms with van der Waals surface area (Å²) in [6, 6.07) is 8.12. The highest BCUT2D eigenvalue weighted by Crippen LogP contribution is 2.20. The molecule has 156 valence electrons. The second-order valence-electron chi connectivity index (χ2n) is 7.24. The summed E-state index contributed by atoms with van der Waals surface area (Å²) in [5, 5.41) is 6.07.